The van der Waals surface area contributed by atoms with Crippen molar-refractivity contribution in [2.75, 3.05) is 25.5 Å². The van der Waals surface area contributed by atoms with Gasteiger partial charge in [0.1, 0.15) is 34.6 Å². The molecule has 3 heterocycles. The minimum Gasteiger partial charge on any atom is -0.479 e. The van der Waals surface area contributed by atoms with E-state index in [1.54, 1.807) is 25.6 Å². The predicted molar refractivity (Wildman–Crippen MR) is 196 cm³/mol. The molecule has 0 unspecified atom stereocenters. The van der Waals surface area contributed by atoms with E-state index in [2.05, 4.69) is 10.6 Å². The van der Waals surface area contributed by atoms with Crippen LogP contribution in [0.2, 0.25) is 0 Å². The number of aromatic nitrogens is 3. The molecule has 3 aliphatic rings. The Morgan fingerprint density at radius 3 is 2.29 bits per heavy atom. The number of benzene rings is 2. The lowest BCUT2D eigenvalue weighted by molar-refractivity contribution is -0.145. The van der Waals surface area contributed by atoms with Gasteiger partial charge in [-0.15, -0.1) is 0 Å². The Kier molecular flexibility index (Phi) is 10.4. The third-order valence-corrected chi connectivity index (χ3v) is 9.99. The van der Waals surface area contributed by atoms with Gasteiger partial charge in [0.25, 0.3) is 0 Å². The van der Waals surface area contributed by atoms with E-state index in [0.29, 0.717) is 24.2 Å². The fraction of sp³-hybridized carbons (Fsp3) is 0.487. The lowest BCUT2D eigenvalue weighted by Gasteiger charge is -2.30. The van der Waals surface area contributed by atoms with Crippen LogP contribution in [0.4, 0.5) is 10.5 Å². The molecule has 1 saturated carbocycles. The first kappa shape index (κ1) is 36.6. The van der Waals surface area contributed by atoms with Crippen LogP contribution in [0.25, 0.3) is 22.5 Å². The summed E-state index contributed by atoms with van der Waals surface area (Å²) >= 11 is 0. The third-order valence-electron chi connectivity index (χ3n) is 9.99. The van der Waals surface area contributed by atoms with Crippen molar-refractivity contribution in [2.24, 2.45) is 5.92 Å². The van der Waals surface area contributed by atoms with Gasteiger partial charge < -0.3 is 30.3 Å². The molecule has 2 fully saturated rings. The Balaban J connectivity index is 1.37. The van der Waals surface area contributed by atoms with Crippen LogP contribution in [0, 0.1) is 5.92 Å². The summed E-state index contributed by atoms with van der Waals surface area (Å²) in [5, 5.41) is 25.8. The molecule has 13 nitrogen and oxygen atoms in total. The van der Waals surface area contributed by atoms with Crippen molar-refractivity contribution in [3.05, 3.63) is 66.7 Å². The molecule has 3 amide bonds. The van der Waals surface area contributed by atoms with E-state index in [1.165, 1.54) is 4.90 Å². The highest BCUT2D eigenvalue weighted by Crippen LogP contribution is 2.45. The van der Waals surface area contributed by atoms with Gasteiger partial charge in [0.15, 0.2) is 0 Å². The van der Waals surface area contributed by atoms with E-state index in [9.17, 15) is 24.3 Å². The van der Waals surface area contributed by atoms with Crippen LogP contribution < -0.4 is 15.5 Å². The maximum absolute atomic E-state index is 14.5. The summed E-state index contributed by atoms with van der Waals surface area (Å²) in [4.78, 5) is 59.2. The molecule has 276 valence electrons. The number of fused-ring (bicyclic) bond motifs is 2. The van der Waals surface area contributed by atoms with Gasteiger partial charge in [0, 0.05) is 49.8 Å². The van der Waals surface area contributed by atoms with Crippen LogP contribution >= 0.6 is 0 Å². The number of nitrogens with zero attached hydrogens (tertiary/aromatic N) is 5. The summed E-state index contributed by atoms with van der Waals surface area (Å²) in [5.74, 6) is -2.45. The molecule has 6 rings (SSSR count). The monoisotopic (exact) mass is 711 g/mol. The van der Waals surface area contributed by atoms with Crippen molar-refractivity contribution in [1.29, 1.82) is 0 Å². The van der Waals surface area contributed by atoms with Crippen molar-refractivity contribution in [1.82, 2.24) is 30.5 Å². The van der Waals surface area contributed by atoms with Crippen LogP contribution in [-0.2, 0) is 19.1 Å². The van der Waals surface area contributed by atoms with Crippen molar-refractivity contribution in [3.63, 3.8) is 0 Å². The number of allylic oxidation sites excluding steroid dienone is 1. The fourth-order valence-electron chi connectivity index (χ4n) is 7.08. The molecule has 2 aliphatic heterocycles. The smallest absolute Gasteiger partial charge is 0.408 e. The first-order chi connectivity index (χ1) is 24.8. The topological polar surface area (TPSA) is 159 Å². The standard InChI is InChI=1S/C39H49N7O6/c1-38(2,3)52-37(51)40-30-17-13-8-6-7-12-16-27-23-39(27,36(49)50)41-34(47)31-22-29(24-45(31)35(30)48)46-42-32(25-14-10-9-11-15-25)33(43-46)26-18-20-28(21-19-26)44(4)5/h9-12,14-16,18-21,27,29-31H,6-8,13,17,22-24H2,1-5H3,(H,40,51)(H,41,47)(H,49,50)/t27-,29+,30+,31+,39-/m1/s1. The minimum absolute atomic E-state index is 0.0781. The van der Waals surface area contributed by atoms with Crippen LogP contribution in [0.15, 0.2) is 66.7 Å². The molecule has 1 saturated heterocycles. The van der Waals surface area contributed by atoms with Crippen molar-refractivity contribution in [2.45, 2.75) is 95.0 Å². The van der Waals surface area contributed by atoms with E-state index in [1.807, 2.05) is 85.7 Å². The van der Waals surface area contributed by atoms with Crippen LogP contribution in [0.5, 0.6) is 0 Å². The molecule has 0 spiro atoms. The van der Waals surface area contributed by atoms with Gasteiger partial charge in [0.2, 0.25) is 11.8 Å². The largest absolute Gasteiger partial charge is 0.479 e. The molecule has 1 aliphatic carbocycles. The highest BCUT2D eigenvalue weighted by molar-refractivity contribution is 5.96. The number of carboxylic acids is 1. The zero-order chi connectivity index (χ0) is 37.2. The van der Waals surface area contributed by atoms with Crippen LogP contribution in [0.1, 0.15) is 71.8 Å². The third kappa shape index (κ3) is 7.98. The molecular weight excluding hydrogens is 662 g/mol. The number of carbonyl (C=O) groups is 4. The minimum atomic E-state index is -1.44. The van der Waals surface area contributed by atoms with Gasteiger partial charge in [-0.25, -0.2) is 9.59 Å². The average molecular weight is 712 g/mol. The molecule has 0 radical (unpaired) electrons. The van der Waals surface area contributed by atoms with Gasteiger partial charge in [-0.1, -0.05) is 67.5 Å². The Hall–Kier alpha value is -5.20. The maximum Gasteiger partial charge on any atom is 0.408 e. The van der Waals surface area contributed by atoms with Gasteiger partial charge >= 0.3 is 12.1 Å². The Bertz CT molecular complexity index is 1820. The lowest BCUT2D eigenvalue weighted by Crippen LogP contribution is -2.56. The number of anilines is 1. The molecule has 13 heteroatoms. The van der Waals surface area contributed by atoms with E-state index >= 15 is 0 Å². The summed E-state index contributed by atoms with van der Waals surface area (Å²) in [6, 6.07) is 15.2. The predicted octanol–water partition coefficient (Wildman–Crippen LogP) is 5.19. The first-order valence-electron chi connectivity index (χ1n) is 18.1. The highest BCUT2D eigenvalue weighted by atomic mass is 16.6. The summed E-state index contributed by atoms with van der Waals surface area (Å²) in [6.45, 7) is 5.32. The number of hydrogen-bond acceptors (Lipinski definition) is 8. The van der Waals surface area contributed by atoms with Gasteiger partial charge in [0.05, 0.1) is 6.04 Å². The SMILES string of the molecule is CN(C)c1ccc(-c2nn([C@H]3C[C@H]4C(=O)N[C@]5(C(=O)O)C[C@H]5C=CCCCCC[C@H](NC(=O)OC(C)(C)C)C(=O)N4C3)nc2-c2ccccc2)cc1. The summed E-state index contributed by atoms with van der Waals surface area (Å²) < 4.78 is 5.52. The average Bonchev–Trinajstić information content (AvgIpc) is 3.40. The Labute approximate surface area is 304 Å². The van der Waals surface area contributed by atoms with Gasteiger partial charge in [-0.3, -0.25) is 9.59 Å². The highest BCUT2D eigenvalue weighted by Gasteiger charge is 2.61. The Morgan fingerprint density at radius 2 is 1.65 bits per heavy atom. The number of carboxylic acid groups (broad SMARTS) is 1. The number of hydrogen-bond donors (Lipinski definition) is 3. The quantitative estimate of drug-likeness (QED) is 0.293. The number of rotatable bonds is 6. The van der Waals surface area contributed by atoms with Gasteiger partial charge in [-0.05, 0) is 58.6 Å². The number of carbonyl (C=O) groups excluding carboxylic acids is 3. The summed E-state index contributed by atoms with van der Waals surface area (Å²) in [5.41, 5.74) is 1.84. The zero-order valence-corrected chi connectivity index (χ0v) is 30.5. The van der Waals surface area contributed by atoms with E-state index < -0.39 is 53.1 Å². The van der Waals surface area contributed by atoms with E-state index in [4.69, 9.17) is 14.9 Å². The first-order valence-corrected chi connectivity index (χ1v) is 18.1. The van der Waals surface area contributed by atoms with E-state index in [0.717, 1.165) is 36.1 Å². The molecule has 3 N–H and O–H groups in total. The number of nitrogens with one attached hydrogen (secondary N) is 2. The number of ether oxygens (including phenoxy) is 1. The van der Waals surface area contributed by atoms with Crippen molar-refractivity contribution >= 4 is 29.6 Å². The van der Waals surface area contributed by atoms with Crippen molar-refractivity contribution < 1.29 is 29.0 Å². The number of aliphatic carboxylic acids is 1. The maximum atomic E-state index is 14.5. The number of amides is 3. The van der Waals surface area contributed by atoms with Crippen LogP contribution in [0.3, 0.4) is 0 Å². The lowest BCUT2D eigenvalue weighted by atomic mass is 10.0. The van der Waals surface area contributed by atoms with Crippen LogP contribution in [-0.4, -0.2) is 92.7 Å². The second-order valence-electron chi connectivity index (χ2n) is 15.3. The normalized spacial score (nSPS) is 25.2. The molecular formula is C39H49N7O6. The summed E-state index contributed by atoms with van der Waals surface area (Å²) in [7, 11) is 3.95. The second-order valence-corrected chi connectivity index (χ2v) is 15.3. The van der Waals surface area contributed by atoms with Gasteiger partial charge in [-0.2, -0.15) is 15.0 Å². The molecule has 2 aromatic carbocycles. The summed E-state index contributed by atoms with van der Waals surface area (Å²) in [6.07, 6.45) is 6.96. The second kappa shape index (κ2) is 14.8. The molecule has 52 heavy (non-hydrogen) atoms. The van der Waals surface area contributed by atoms with Crippen molar-refractivity contribution in [3.8, 4) is 22.5 Å². The molecule has 3 aromatic rings. The fourth-order valence-corrected chi connectivity index (χ4v) is 7.08. The molecule has 1 aromatic heterocycles. The molecule has 0 bridgehead atoms. The zero-order valence-electron chi connectivity index (χ0n) is 30.5. The van der Waals surface area contributed by atoms with E-state index in [-0.39, 0.29) is 25.3 Å². The molecule has 5 atom stereocenters. The number of alkyl carbamates (subject to hydrolysis) is 1. The Morgan fingerprint density at radius 1 is 0.981 bits per heavy atom.